The van der Waals surface area contributed by atoms with Crippen molar-refractivity contribution in [2.24, 2.45) is 0 Å². The van der Waals surface area contributed by atoms with Crippen molar-refractivity contribution < 1.29 is 14.0 Å². The van der Waals surface area contributed by atoms with Crippen LogP contribution in [0.2, 0.25) is 5.02 Å². The van der Waals surface area contributed by atoms with E-state index in [-0.39, 0.29) is 17.4 Å². The first-order chi connectivity index (χ1) is 12.9. The summed E-state index contributed by atoms with van der Waals surface area (Å²) in [5, 5.41) is 5.54. The van der Waals surface area contributed by atoms with Gasteiger partial charge in [-0.2, -0.15) is 0 Å². The van der Waals surface area contributed by atoms with E-state index in [0.29, 0.717) is 26.3 Å². The van der Waals surface area contributed by atoms with Gasteiger partial charge >= 0.3 is 0 Å². The molecule has 3 rings (SSSR count). The quantitative estimate of drug-likeness (QED) is 0.420. The van der Waals surface area contributed by atoms with Gasteiger partial charge in [0, 0.05) is 26.4 Å². The zero-order valence-electron chi connectivity index (χ0n) is 14.2. The Balaban J connectivity index is 1.60. The van der Waals surface area contributed by atoms with Crippen molar-refractivity contribution in [3.8, 4) is 11.3 Å². The second-order valence-electron chi connectivity index (χ2n) is 5.56. The fourth-order valence-electron chi connectivity index (χ4n) is 2.26. The first-order valence-electron chi connectivity index (χ1n) is 7.87. The fourth-order valence-corrected chi connectivity index (χ4v) is 3.94. The smallest absolute Gasteiger partial charge is 0.236 e. The number of carbonyl (C=O) groups excluding carboxylic acids is 2. The van der Waals surface area contributed by atoms with Gasteiger partial charge in [0.05, 0.1) is 11.4 Å². The summed E-state index contributed by atoms with van der Waals surface area (Å²) >= 11 is 8.50. The minimum atomic E-state index is -0.518. The standard InChI is InChI=1S/C19H14ClFN2O2S2/c1-11(24)12-6-7-17(15(21)8-12)26-10-18(25)23-19-22-16(9-27-19)13-4-2-3-5-14(13)20/h2-9H,10H2,1H3,(H,22,23,25). The van der Waals surface area contributed by atoms with Crippen LogP contribution in [0.15, 0.2) is 52.7 Å². The van der Waals surface area contributed by atoms with Crippen molar-refractivity contribution in [2.45, 2.75) is 11.8 Å². The van der Waals surface area contributed by atoms with Crippen molar-refractivity contribution in [1.82, 2.24) is 4.98 Å². The molecule has 1 N–H and O–H groups in total. The lowest BCUT2D eigenvalue weighted by Crippen LogP contribution is -2.14. The first-order valence-corrected chi connectivity index (χ1v) is 10.1. The summed E-state index contributed by atoms with van der Waals surface area (Å²) in [6, 6.07) is 11.6. The van der Waals surface area contributed by atoms with Gasteiger partial charge in [0.2, 0.25) is 5.91 Å². The largest absolute Gasteiger partial charge is 0.301 e. The van der Waals surface area contributed by atoms with Crippen LogP contribution >= 0.6 is 34.7 Å². The van der Waals surface area contributed by atoms with Crippen molar-refractivity contribution in [1.29, 1.82) is 0 Å². The number of thioether (sulfide) groups is 1. The number of hydrogen-bond donors (Lipinski definition) is 1. The molecule has 1 aromatic heterocycles. The number of Topliss-reactive ketones (excluding diaryl/α,β-unsaturated/α-hetero) is 1. The Bertz CT molecular complexity index is 1010. The van der Waals surface area contributed by atoms with E-state index in [1.807, 2.05) is 23.6 Å². The van der Waals surface area contributed by atoms with E-state index in [2.05, 4.69) is 10.3 Å². The molecular formula is C19H14ClFN2O2S2. The van der Waals surface area contributed by atoms with Crippen LogP contribution in [0, 0.1) is 5.82 Å². The van der Waals surface area contributed by atoms with Gasteiger partial charge in [-0.1, -0.05) is 35.9 Å². The number of benzene rings is 2. The van der Waals surface area contributed by atoms with Crippen molar-refractivity contribution in [3.63, 3.8) is 0 Å². The number of aromatic nitrogens is 1. The van der Waals surface area contributed by atoms with Gasteiger partial charge in [-0.25, -0.2) is 9.37 Å². The third-order valence-corrected chi connectivity index (χ3v) is 5.73. The normalized spacial score (nSPS) is 10.6. The van der Waals surface area contributed by atoms with E-state index < -0.39 is 5.82 Å². The minimum absolute atomic E-state index is 0.0251. The predicted molar refractivity (Wildman–Crippen MR) is 108 cm³/mol. The summed E-state index contributed by atoms with van der Waals surface area (Å²) in [6.45, 7) is 1.37. The predicted octanol–water partition coefficient (Wildman–Crippen LogP) is 5.54. The number of thiazole rings is 1. The van der Waals surface area contributed by atoms with Crippen LogP contribution in [0.25, 0.3) is 11.3 Å². The average Bonchev–Trinajstić information content (AvgIpc) is 3.09. The molecule has 0 saturated carbocycles. The molecule has 4 nitrogen and oxygen atoms in total. The maximum absolute atomic E-state index is 14.0. The number of hydrogen-bond acceptors (Lipinski definition) is 5. The second-order valence-corrected chi connectivity index (χ2v) is 7.84. The van der Waals surface area contributed by atoms with Crippen molar-refractivity contribution in [2.75, 3.05) is 11.1 Å². The molecule has 138 valence electrons. The van der Waals surface area contributed by atoms with Gasteiger partial charge in [-0.3, -0.25) is 9.59 Å². The van der Waals surface area contributed by atoms with E-state index in [1.165, 1.54) is 30.4 Å². The zero-order valence-corrected chi connectivity index (χ0v) is 16.6. The Kier molecular flexibility index (Phi) is 6.26. The number of rotatable bonds is 6. The molecule has 0 aliphatic carbocycles. The highest BCUT2D eigenvalue weighted by molar-refractivity contribution is 8.00. The number of nitrogens with zero attached hydrogens (tertiary/aromatic N) is 1. The Hall–Kier alpha value is -2.22. The van der Waals surface area contributed by atoms with Crippen LogP contribution in [0.1, 0.15) is 17.3 Å². The highest BCUT2D eigenvalue weighted by atomic mass is 35.5. The van der Waals surface area contributed by atoms with Crippen LogP contribution in [0.3, 0.4) is 0 Å². The lowest BCUT2D eigenvalue weighted by molar-refractivity contribution is -0.113. The summed E-state index contributed by atoms with van der Waals surface area (Å²) in [4.78, 5) is 28.0. The number of amides is 1. The lowest BCUT2D eigenvalue weighted by atomic mass is 10.1. The van der Waals surface area contributed by atoms with Crippen molar-refractivity contribution >= 4 is 51.5 Å². The maximum atomic E-state index is 14.0. The Morgan fingerprint density at radius 1 is 1.26 bits per heavy atom. The first kappa shape index (κ1) is 19.5. The molecule has 0 aliphatic heterocycles. The number of carbonyl (C=O) groups is 2. The summed E-state index contributed by atoms with van der Waals surface area (Å²) in [6.07, 6.45) is 0. The van der Waals surface area contributed by atoms with E-state index in [0.717, 1.165) is 17.3 Å². The zero-order chi connectivity index (χ0) is 19.4. The molecular weight excluding hydrogens is 407 g/mol. The molecule has 0 aliphatic rings. The third kappa shape index (κ3) is 4.94. The molecule has 0 fully saturated rings. The highest BCUT2D eigenvalue weighted by Crippen LogP contribution is 2.30. The molecule has 0 spiro atoms. The lowest BCUT2D eigenvalue weighted by Gasteiger charge is -2.05. The number of halogens is 2. The van der Waals surface area contributed by atoms with Gasteiger partial charge in [0.25, 0.3) is 0 Å². The number of anilines is 1. The molecule has 1 heterocycles. The Morgan fingerprint density at radius 2 is 2.04 bits per heavy atom. The van der Waals surface area contributed by atoms with E-state index >= 15 is 0 Å². The molecule has 2 aromatic carbocycles. The van der Waals surface area contributed by atoms with Gasteiger partial charge in [-0.15, -0.1) is 23.1 Å². The summed E-state index contributed by atoms with van der Waals surface area (Å²) in [5.74, 6) is -0.996. The monoisotopic (exact) mass is 420 g/mol. The van der Waals surface area contributed by atoms with E-state index in [1.54, 1.807) is 12.1 Å². The minimum Gasteiger partial charge on any atom is -0.301 e. The molecule has 0 radical (unpaired) electrons. The number of ketones is 1. The van der Waals surface area contributed by atoms with Gasteiger partial charge in [-0.05, 0) is 25.1 Å². The summed E-state index contributed by atoms with van der Waals surface area (Å²) < 4.78 is 14.0. The molecule has 0 unspecified atom stereocenters. The molecule has 8 heteroatoms. The van der Waals surface area contributed by atoms with Crippen LogP contribution in [0.4, 0.5) is 9.52 Å². The molecule has 1 amide bonds. The van der Waals surface area contributed by atoms with E-state index in [4.69, 9.17) is 11.6 Å². The molecule has 0 atom stereocenters. The van der Waals surface area contributed by atoms with Gasteiger partial charge in [0.1, 0.15) is 5.82 Å². The average molecular weight is 421 g/mol. The fraction of sp³-hybridized carbons (Fsp3) is 0.105. The Labute approximate surface area is 168 Å². The molecule has 0 bridgehead atoms. The van der Waals surface area contributed by atoms with Crippen LogP contribution in [-0.4, -0.2) is 22.4 Å². The SMILES string of the molecule is CC(=O)c1ccc(SCC(=O)Nc2nc(-c3ccccc3Cl)cs2)c(F)c1. The second kappa shape index (κ2) is 8.65. The third-order valence-electron chi connectivity index (χ3n) is 3.60. The van der Waals surface area contributed by atoms with Crippen LogP contribution in [0.5, 0.6) is 0 Å². The maximum Gasteiger partial charge on any atom is 0.236 e. The molecule has 27 heavy (non-hydrogen) atoms. The molecule has 0 saturated heterocycles. The highest BCUT2D eigenvalue weighted by Gasteiger charge is 2.12. The molecule has 3 aromatic rings. The van der Waals surface area contributed by atoms with Crippen LogP contribution < -0.4 is 5.32 Å². The number of nitrogens with one attached hydrogen (secondary N) is 1. The van der Waals surface area contributed by atoms with Crippen molar-refractivity contribution in [3.05, 3.63) is 64.2 Å². The summed E-state index contributed by atoms with van der Waals surface area (Å²) in [5.41, 5.74) is 1.77. The topological polar surface area (TPSA) is 59.1 Å². The van der Waals surface area contributed by atoms with Gasteiger partial charge in [0.15, 0.2) is 10.9 Å². The summed E-state index contributed by atoms with van der Waals surface area (Å²) in [7, 11) is 0. The van der Waals surface area contributed by atoms with Gasteiger partial charge < -0.3 is 5.32 Å². The van der Waals surface area contributed by atoms with E-state index in [9.17, 15) is 14.0 Å². The van der Waals surface area contributed by atoms with Crippen LogP contribution in [-0.2, 0) is 4.79 Å². The Morgan fingerprint density at radius 3 is 2.74 bits per heavy atom.